The number of aromatic nitrogens is 2. The molecule has 10 heteroatoms. The minimum Gasteiger partial charge on any atom is -0.353 e. The van der Waals surface area contributed by atoms with Crippen molar-refractivity contribution in [3.8, 4) is 0 Å². The van der Waals surface area contributed by atoms with E-state index in [1.807, 2.05) is 0 Å². The van der Waals surface area contributed by atoms with Crippen LogP contribution in [0.5, 0.6) is 0 Å². The van der Waals surface area contributed by atoms with Gasteiger partial charge in [0, 0.05) is 37.3 Å². The van der Waals surface area contributed by atoms with Crippen LogP contribution >= 0.6 is 11.6 Å². The second-order valence-corrected chi connectivity index (χ2v) is 7.13. The molecule has 2 amide bonds. The maximum atomic E-state index is 14.2. The first-order valence-corrected chi connectivity index (χ1v) is 9.21. The first-order valence-electron chi connectivity index (χ1n) is 8.83. The van der Waals surface area contributed by atoms with Crippen molar-refractivity contribution in [2.45, 2.75) is 32.5 Å². The molecule has 150 valence electrons. The number of amides is 2. The van der Waals surface area contributed by atoms with Crippen molar-refractivity contribution >= 4 is 23.4 Å². The fraction of sp³-hybridized carbons (Fsp3) is 0.444. The van der Waals surface area contributed by atoms with Crippen LogP contribution in [0.3, 0.4) is 0 Å². The Bertz CT molecular complexity index is 854. The van der Waals surface area contributed by atoms with E-state index in [2.05, 4.69) is 20.3 Å². The molecule has 1 saturated heterocycles. The van der Waals surface area contributed by atoms with Gasteiger partial charge in [-0.25, -0.2) is 9.02 Å². The fourth-order valence-electron chi connectivity index (χ4n) is 3.09. The highest BCUT2D eigenvalue weighted by Crippen LogP contribution is 2.23. The number of benzene rings is 1. The van der Waals surface area contributed by atoms with Gasteiger partial charge in [0.1, 0.15) is 17.2 Å². The monoisotopic (exact) mass is 409 g/mol. The molecule has 1 aromatic heterocycles. The van der Waals surface area contributed by atoms with Gasteiger partial charge >= 0.3 is 0 Å². The van der Waals surface area contributed by atoms with Crippen LogP contribution in [0.2, 0.25) is 5.02 Å². The predicted molar refractivity (Wildman–Crippen MR) is 98.7 cm³/mol. The van der Waals surface area contributed by atoms with E-state index in [1.165, 1.54) is 17.0 Å². The Hall–Kier alpha value is -2.52. The largest absolute Gasteiger partial charge is 0.353 e. The summed E-state index contributed by atoms with van der Waals surface area (Å²) in [5, 5.41) is 10.5. The number of carbonyl (C=O) groups excluding carboxylic acids is 2. The first-order chi connectivity index (χ1) is 13.4. The van der Waals surface area contributed by atoms with Gasteiger partial charge < -0.3 is 10.2 Å². The number of piperazine rings is 1. The molecule has 1 atom stereocenters. The molecule has 8 nitrogen and oxygen atoms in total. The third-order valence-corrected chi connectivity index (χ3v) is 5.15. The molecular formula is C18H21ClFN5O3. The van der Waals surface area contributed by atoms with Gasteiger partial charge in [-0.3, -0.25) is 14.5 Å². The molecule has 0 bridgehead atoms. The van der Waals surface area contributed by atoms with Gasteiger partial charge in [0.2, 0.25) is 11.8 Å². The zero-order valence-electron chi connectivity index (χ0n) is 15.6. The van der Waals surface area contributed by atoms with Crippen LogP contribution in [0.4, 0.5) is 4.39 Å². The summed E-state index contributed by atoms with van der Waals surface area (Å²) >= 11 is 6.12. The van der Waals surface area contributed by atoms with Gasteiger partial charge in [0.15, 0.2) is 0 Å². The molecule has 1 aliphatic rings. The molecule has 1 N–H and O–H groups in total. The van der Waals surface area contributed by atoms with Crippen LogP contribution in [0.25, 0.3) is 0 Å². The molecule has 0 unspecified atom stereocenters. The average Bonchev–Trinajstić information content (AvgIpc) is 3.05. The van der Waals surface area contributed by atoms with Gasteiger partial charge in [-0.2, -0.15) is 0 Å². The maximum Gasteiger partial charge on any atom is 0.237 e. The summed E-state index contributed by atoms with van der Waals surface area (Å²) in [6, 6.07) is 3.75. The van der Waals surface area contributed by atoms with Crippen molar-refractivity contribution in [2.24, 2.45) is 0 Å². The lowest BCUT2D eigenvalue weighted by atomic mass is 10.1. The summed E-state index contributed by atoms with van der Waals surface area (Å²) in [4.78, 5) is 28.3. The zero-order chi connectivity index (χ0) is 20.3. The summed E-state index contributed by atoms with van der Waals surface area (Å²) in [7, 11) is 1.62. The second-order valence-electron chi connectivity index (χ2n) is 6.73. The fourth-order valence-corrected chi connectivity index (χ4v) is 3.31. The Balaban J connectivity index is 1.71. The minimum atomic E-state index is -0.712. The normalized spacial score (nSPS) is 17.4. The van der Waals surface area contributed by atoms with Crippen molar-refractivity contribution in [3.05, 3.63) is 46.0 Å². The molecule has 3 rings (SSSR count). The van der Waals surface area contributed by atoms with E-state index in [0.717, 1.165) is 0 Å². The molecule has 0 saturated carbocycles. The Labute approximate surface area is 166 Å². The van der Waals surface area contributed by atoms with E-state index in [-0.39, 0.29) is 31.3 Å². The Kier molecular flexibility index (Phi) is 6.25. The van der Waals surface area contributed by atoms with E-state index in [4.69, 9.17) is 11.6 Å². The third kappa shape index (κ3) is 4.48. The van der Waals surface area contributed by atoms with E-state index in [9.17, 15) is 14.0 Å². The number of halogens is 2. The third-order valence-electron chi connectivity index (χ3n) is 4.79. The molecule has 2 aromatic rings. The lowest BCUT2D eigenvalue weighted by Crippen LogP contribution is -2.56. The number of hydrogen-bond acceptors (Lipinski definition) is 6. The van der Waals surface area contributed by atoms with E-state index < -0.39 is 11.9 Å². The smallest absolute Gasteiger partial charge is 0.237 e. The number of aryl methyl sites for hydroxylation is 1. The highest BCUT2D eigenvalue weighted by molar-refractivity contribution is 6.31. The highest BCUT2D eigenvalue weighted by atomic mass is 35.5. The second kappa shape index (κ2) is 8.66. The molecule has 2 heterocycles. The van der Waals surface area contributed by atoms with Crippen molar-refractivity contribution in [2.75, 3.05) is 20.1 Å². The van der Waals surface area contributed by atoms with Crippen molar-refractivity contribution in [1.29, 1.82) is 0 Å². The van der Waals surface area contributed by atoms with E-state index >= 15 is 0 Å². The van der Waals surface area contributed by atoms with Gasteiger partial charge in [0.25, 0.3) is 0 Å². The standard InChI is InChI=1S/C18H21ClFN5O3/c1-11-15(23-28-22-11)10-24(2)17(26)8-16-18(27)21-6-7-25(16)9-12-13(19)4-3-5-14(12)20/h3-5,16H,6-10H2,1-2H3,(H,21,27)/t16-/m1/s1. The molecule has 0 aliphatic carbocycles. The lowest BCUT2D eigenvalue weighted by Gasteiger charge is -2.35. The molecule has 28 heavy (non-hydrogen) atoms. The van der Waals surface area contributed by atoms with Crippen LogP contribution in [-0.2, 0) is 22.7 Å². The van der Waals surface area contributed by atoms with E-state index in [0.29, 0.717) is 35.1 Å². The number of carbonyl (C=O) groups is 2. The van der Waals surface area contributed by atoms with Crippen LogP contribution in [0.15, 0.2) is 22.8 Å². The molecule has 0 spiro atoms. The van der Waals surface area contributed by atoms with Gasteiger partial charge in [0.05, 0.1) is 19.0 Å². The van der Waals surface area contributed by atoms with Gasteiger partial charge in [-0.1, -0.05) is 28.0 Å². The van der Waals surface area contributed by atoms with Crippen LogP contribution in [0.1, 0.15) is 23.4 Å². The SMILES string of the molecule is Cc1nonc1CN(C)C(=O)C[C@@H]1C(=O)NCCN1Cc1c(F)cccc1Cl. The molecule has 1 fully saturated rings. The number of hydrogen-bond donors (Lipinski definition) is 1. The van der Waals surface area contributed by atoms with Gasteiger partial charge in [-0.15, -0.1) is 0 Å². The number of nitrogens with one attached hydrogen (secondary N) is 1. The topological polar surface area (TPSA) is 91.6 Å². The number of rotatable bonds is 6. The minimum absolute atomic E-state index is 0.0429. The average molecular weight is 410 g/mol. The molecular weight excluding hydrogens is 389 g/mol. The Morgan fingerprint density at radius 3 is 2.93 bits per heavy atom. The quantitative estimate of drug-likeness (QED) is 0.777. The summed E-state index contributed by atoms with van der Waals surface area (Å²) in [5.41, 5.74) is 1.47. The van der Waals surface area contributed by atoms with E-state index in [1.54, 1.807) is 24.9 Å². The van der Waals surface area contributed by atoms with Crippen LogP contribution in [0, 0.1) is 12.7 Å². The van der Waals surface area contributed by atoms with Crippen molar-refractivity contribution in [1.82, 2.24) is 25.4 Å². The molecule has 1 aromatic carbocycles. The first kappa shape index (κ1) is 20.2. The maximum absolute atomic E-state index is 14.2. The highest BCUT2D eigenvalue weighted by Gasteiger charge is 2.33. The Morgan fingerprint density at radius 2 is 2.25 bits per heavy atom. The molecule has 0 radical (unpaired) electrons. The molecule has 1 aliphatic heterocycles. The van der Waals surface area contributed by atoms with Gasteiger partial charge in [-0.05, 0) is 19.1 Å². The zero-order valence-corrected chi connectivity index (χ0v) is 16.4. The summed E-state index contributed by atoms with van der Waals surface area (Å²) in [6.07, 6.45) is -0.0429. The van der Waals surface area contributed by atoms with Crippen molar-refractivity contribution < 1.29 is 18.6 Å². The number of nitrogens with zero attached hydrogens (tertiary/aromatic N) is 4. The Morgan fingerprint density at radius 1 is 1.46 bits per heavy atom. The van der Waals surface area contributed by atoms with Crippen LogP contribution < -0.4 is 5.32 Å². The van der Waals surface area contributed by atoms with Crippen molar-refractivity contribution in [3.63, 3.8) is 0 Å². The summed E-state index contributed by atoms with van der Waals surface area (Å²) < 4.78 is 18.8. The summed E-state index contributed by atoms with van der Waals surface area (Å²) in [6.45, 7) is 3.02. The predicted octanol–water partition coefficient (Wildman–Crippen LogP) is 1.52. The van der Waals surface area contributed by atoms with Crippen LogP contribution in [-0.4, -0.2) is 58.1 Å². The lowest BCUT2D eigenvalue weighted by molar-refractivity contribution is -0.138. The summed E-state index contributed by atoms with van der Waals surface area (Å²) in [5.74, 6) is -0.941.